The van der Waals surface area contributed by atoms with E-state index in [1.54, 1.807) is 0 Å². The van der Waals surface area contributed by atoms with Gasteiger partial charge >= 0.3 is 0 Å². The van der Waals surface area contributed by atoms with E-state index in [1.165, 1.54) is 36.1 Å². The van der Waals surface area contributed by atoms with Crippen LogP contribution in [0.5, 0.6) is 0 Å². The van der Waals surface area contributed by atoms with Crippen LogP contribution < -0.4 is 11.1 Å². The van der Waals surface area contributed by atoms with Crippen molar-refractivity contribution >= 4 is 11.3 Å². The van der Waals surface area contributed by atoms with Crippen LogP contribution in [0.25, 0.3) is 0 Å². The number of hydrogen-bond acceptors (Lipinski definition) is 3. The molecule has 0 bridgehead atoms. The summed E-state index contributed by atoms with van der Waals surface area (Å²) in [6.07, 6.45) is 5.20. The molecule has 2 rings (SSSR count). The van der Waals surface area contributed by atoms with Crippen molar-refractivity contribution < 1.29 is 0 Å². The van der Waals surface area contributed by atoms with Crippen molar-refractivity contribution in [3.8, 4) is 0 Å². The summed E-state index contributed by atoms with van der Waals surface area (Å²) in [6, 6.07) is 2.61. The van der Waals surface area contributed by atoms with E-state index in [1.807, 2.05) is 11.3 Å². The summed E-state index contributed by atoms with van der Waals surface area (Å²) < 4.78 is 0. The smallest absolute Gasteiger partial charge is 0.0302 e. The van der Waals surface area contributed by atoms with Crippen molar-refractivity contribution in [1.29, 1.82) is 0 Å². The maximum Gasteiger partial charge on any atom is 0.0302 e. The van der Waals surface area contributed by atoms with Crippen molar-refractivity contribution in [2.24, 2.45) is 11.7 Å². The minimum Gasteiger partial charge on any atom is -0.327 e. The molecule has 0 saturated heterocycles. The average Bonchev–Trinajstić information content (AvgIpc) is 2.67. The molecule has 1 aromatic rings. The highest BCUT2D eigenvalue weighted by Gasteiger charge is 2.20. The number of aryl methyl sites for hydroxylation is 1. The fourth-order valence-electron chi connectivity index (χ4n) is 2.45. The van der Waals surface area contributed by atoms with E-state index in [0.29, 0.717) is 12.0 Å². The Morgan fingerprint density at radius 3 is 2.94 bits per heavy atom. The normalized spacial score (nSPS) is 25.9. The molecule has 0 aliphatic heterocycles. The Labute approximate surface area is 102 Å². The van der Waals surface area contributed by atoms with Gasteiger partial charge in [-0.2, -0.15) is 0 Å². The molecular weight excluding hydrogens is 216 g/mol. The second-order valence-corrected chi connectivity index (χ2v) is 5.87. The maximum absolute atomic E-state index is 6.13. The molecule has 3 N–H and O–H groups in total. The van der Waals surface area contributed by atoms with Gasteiger partial charge in [0.25, 0.3) is 0 Å². The molecule has 1 aliphatic carbocycles. The zero-order chi connectivity index (χ0) is 11.4. The van der Waals surface area contributed by atoms with Crippen LogP contribution in [0.15, 0.2) is 11.4 Å². The average molecular weight is 238 g/mol. The summed E-state index contributed by atoms with van der Waals surface area (Å²) >= 11 is 1.84. The van der Waals surface area contributed by atoms with Gasteiger partial charge in [-0.1, -0.05) is 12.8 Å². The van der Waals surface area contributed by atoms with Crippen LogP contribution in [0.3, 0.4) is 0 Å². The molecule has 0 radical (unpaired) electrons. The molecule has 2 atom stereocenters. The van der Waals surface area contributed by atoms with Gasteiger partial charge in [0.2, 0.25) is 0 Å². The second-order valence-electron chi connectivity index (χ2n) is 4.87. The minimum atomic E-state index is 0.422. The Hall–Kier alpha value is -0.380. The topological polar surface area (TPSA) is 38.0 Å². The van der Waals surface area contributed by atoms with Gasteiger partial charge in [0.15, 0.2) is 0 Å². The molecule has 16 heavy (non-hydrogen) atoms. The summed E-state index contributed by atoms with van der Waals surface area (Å²) in [6.45, 7) is 4.27. The highest BCUT2D eigenvalue weighted by molar-refractivity contribution is 7.10. The number of thiophene rings is 1. The fraction of sp³-hybridized carbons (Fsp3) is 0.692. The Morgan fingerprint density at radius 1 is 1.44 bits per heavy atom. The summed E-state index contributed by atoms with van der Waals surface area (Å²) in [5.41, 5.74) is 7.54. The minimum absolute atomic E-state index is 0.422. The van der Waals surface area contributed by atoms with Gasteiger partial charge in [-0.25, -0.2) is 0 Å². The third-order valence-electron chi connectivity index (χ3n) is 3.63. The molecule has 1 saturated carbocycles. The summed E-state index contributed by atoms with van der Waals surface area (Å²) in [4.78, 5) is 1.46. The van der Waals surface area contributed by atoms with Crippen molar-refractivity contribution in [1.82, 2.24) is 5.32 Å². The first-order chi connectivity index (χ1) is 7.77. The molecule has 2 nitrogen and oxygen atoms in total. The lowest BCUT2D eigenvalue weighted by atomic mass is 9.85. The lowest BCUT2D eigenvalue weighted by Gasteiger charge is -2.28. The first kappa shape index (κ1) is 12.1. The Morgan fingerprint density at radius 2 is 2.25 bits per heavy atom. The van der Waals surface area contributed by atoms with Crippen LogP contribution in [-0.2, 0) is 6.54 Å². The van der Waals surface area contributed by atoms with E-state index in [4.69, 9.17) is 5.73 Å². The van der Waals surface area contributed by atoms with Gasteiger partial charge in [-0.3, -0.25) is 0 Å². The van der Waals surface area contributed by atoms with Gasteiger partial charge < -0.3 is 11.1 Å². The van der Waals surface area contributed by atoms with Gasteiger partial charge in [0.1, 0.15) is 0 Å². The van der Waals surface area contributed by atoms with E-state index in [0.717, 1.165) is 13.1 Å². The highest BCUT2D eigenvalue weighted by Crippen LogP contribution is 2.22. The van der Waals surface area contributed by atoms with Crippen molar-refractivity contribution in [3.05, 3.63) is 21.9 Å². The first-order valence-corrected chi connectivity index (χ1v) is 7.14. The van der Waals surface area contributed by atoms with E-state index in [-0.39, 0.29) is 0 Å². The van der Waals surface area contributed by atoms with E-state index in [9.17, 15) is 0 Å². The standard InChI is InChI=1S/C13H22N2S/c1-10-6-7-16-13(10)9-15-8-11-4-2-3-5-12(11)14/h6-7,11-12,15H,2-5,8-9,14H2,1H3. The SMILES string of the molecule is Cc1ccsc1CNCC1CCCCC1N. The molecule has 1 heterocycles. The van der Waals surface area contributed by atoms with Crippen molar-refractivity contribution in [3.63, 3.8) is 0 Å². The predicted molar refractivity (Wildman–Crippen MR) is 70.7 cm³/mol. The van der Waals surface area contributed by atoms with Crippen LogP contribution in [0, 0.1) is 12.8 Å². The number of rotatable bonds is 4. The van der Waals surface area contributed by atoms with Gasteiger partial charge in [-0.15, -0.1) is 11.3 Å². The van der Waals surface area contributed by atoms with Gasteiger partial charge in [0, 0.05) is 17.5 Å². The summed E-state index contributed by atoms with van der Waals surface area (Å²) in [5.74, 6) is 0.689. The molecule has 2 unspecified atom stereocenters. The summed E-state index contributed by atoms with van der Waals surface area (Å²) in [5, 5.41) is 5.72. The molecular formula is C13H22N2S. The van der Waals surface area contributed by atoms with Crippen LogP contribution >= 0.6 is 11.3 Å². The Bertz CT molecular complexity index is 321. The predicted octanol–water partition coefficient (Wildman–Crippen LogP) is 2.66. The molecule has 0 amide bonds. The second kappa shape index (κ2) is 5.80. The third kappa shape index (κ3) is 3.06. The largest absolute Gasteiger partial charge is 0.327 e. The molecule has 1 aromatic heterocycles. The van der Waals surface area contributed by atoms with Crippen LogP contribution in [0.1, 0.15) is 36.1 Å². The van der Waals surface area contributed by atoms with Crippen LogP contribution in [0.2, 0.25) is 0 Å². The molecule has 3 heteroatoms. The number of nitrogens with one attached hydrogen (secondary N) is 1. The summed E-state index contributed by atoms with van der Waals surface area (Å²) in [7, 11) is 0. The van der Waals surface area contributed by atoms with Crippen molar-refractivity contribution in [2.45, 2.75) is 45.2 Å². The lowest BCUT2D eigenvalue weighted by molar-refractivity contribution is 0.296. The third-order valence-corrected chi connectivity index (χ3v) is 4.65. The van der Waals surface area contributed by atoms with Crippen molar-refractivity contribution in [2.75, 3.05) is 6.54 Å². The van der Waals surface area contributed by atoms with E-state index in [2.05, 4.69) is 23.7 Å². The zero-order valence-electron chi connectivity index (χ0n) is 10.0. The molecule has 90 valence electrons. The number of hydrogen-bond donors (Lipinski definition) is 2. The van der Waals surface area contributed by atoms with Crippen LogP contribution in [-0.4, -0.2) is 12.6 Å². The highest BCUT2D eigenvalue weighted by atomic mass is 32.1. The number of nitrogens with two attached hydrogens (primary N) is 1. The van der Waals surface area contributed by atoms with Gasteiger partial charge in [-0.05, 0) is 49.2 Å². The molecule has 1 aliphatic rings. The maximum atomic E-state index is 6.13. The van der Waals surface area contributed by atoms with Crippen LogP contribution in [0.4, 0.5) is 0 Å². The lowest BCUT2D eigenvalue weighted by Crippen LogP contribution is -2.39. The quantitative estimate of drug-likeness (QED) is 0.846. The zero-order valence-corrected chi connectivity index (χ0v) is 10.9. The van der Waals surface area contributed by atoms with Gasteiger partial charge in [0.05, 0.1) is 0 Å². The fourth-order valence-corrected chi connectivity index (χ4v) is 3.32. The monoisotopic (exact) mass is 238 g/mol. The molecule has 0 spiro atoms. The van der Waals surface area contributed by atoms with E-state index >= 15 is 0 Å². The first-order valence-electron chi connectivity index (χ1n) is 6.26. The Kier molecular flexibility index (Phi) is 4.38. The van der Waals surface area contributed by atoms with E-state index < -0.39 is 0 Å². The Balaban J connectivity index is 1.73. The molecule has 1 fully saturated rings. The molecule has 0 aromatic carbocycles.